The smallest absolute Gasteiger partial charge is 0.310 e. The van der Waals surface area contributed by atoms with E-state index in [9.17, 15) is 17.2 Å². The van der Waals surface area contributed by atoms with Crippen molar-refractivity contribution in [2.24, 2.45) is 0 Å². The third kappa shape index (κ3) is 5.03. The summed E-state index contributed by atoms with van der Waals surface area (Å²) in [6, 6.07) is 0. The van der Waals surface area contributed by atoms with Crippen LogP contribution >= 0.6 is 0 Å². The van der Waals surface area contributed by atoms with Crippen molar-refractivity contribution in [2.45, 2.75) is 0 Å². The molecule has 72 valence electrons. The molecular weight excluding hydrogens is 194 g/mol. The van der Waals surface area contributed by atoms with Crippen LogP contribution in [0.4, 0.5) is 8.78 Å². The summed E-state index contributed by atoms with van der Waals surface area (Å²) >= 11 is 0. The summed E-state index contributed by atoms with van der Waals surface area (Å²) < 4.78 is 52.4. The number of ether oxygens (including phenoxy) is 1. The van der Waals surface area contributed by atoms with Crippen molar-refractivity contribution >= 4 is 10.1 Å². The summed E-state index contributed by atoms with van der Waals surface area (Å²) in [5.41, 5.74) is 0. The van der Waals surface area contributed by atoms with Crippen LogP contribution in [0.1, 0.15) is 0 Å². The van der Waals surface area contributed by atoms with Crippen LogP contribution in [0.5, 0.6) is 0 Å². The molecule has 0 radical (unpaired) electrons. The van der Waals surface area contributed by atoms with E-state index in [0.29, 0.717) is 0 Å². The molecule has 0 aromatic carbocycles. The van der Waals surface area contributed by atoms with Crippen LogP contribution in [0.3, 0.4) is 0 Å². The Morgan fingerprint density at radius 1 is 1.42 bits per heavy atom. The van der Waals surface area contributed by atoms with E-state index in [4.69, 9.17) is 0 Å². The highest BCUT2D eigenvalue weighted by Gasteiger charge is 2.10. The molecular formula is C5H8F2O4S. The molecule has 0 atom stereocenters. The van der Waals surface area contributed by atoms with E-state index in [1.807, 2.05) is 0 Å². The Kier molecular flexibility index (Phi) is 4.11. The molecule has 0 aliphatic carbocycles. The lowest BCUT2D eigenvalue weighted by Crippen LogP contribution is -2.07. The zero-order valence-corrected chi connectivity index (χ0v) is 7.32. The monoisotopic (exact) mass is 202 g/mol. The van der Waals surface area contributed by atoms with E-state index >= 15 is 0 Å². The number of rotatable bonds is 4. The minimum atomic E-state index is -3.71. The van der Waals surface area contributed by atoms with Crippen molar-refractivity contribution in [2.75, 3.05) is 20.0 Å². The SMILES string of the molecule is COC(COS(C)(=O)=O)=C(F)F. The number of hydrogen-bond donors (Lipinski definition) is 0. The molecule has 0 N–H and O–H groups in total. The average molecular weight is 202 g/mol. The highest BCUT2D eigenvalue weighted by atomic mass is 32.2. The predicted octanol–water partition coefficient (Wildman–Crippen LogP) is 0.717. The molecule has 4 nitrogen and oxygen atoms in total. The first-order valence-electron chi connectivity index (χ1n) is 2.79. The third-order valence-corrected chi connectivity index (χ3v) is 1.41. The second kappa shape index (κ2) is 4.36. The summed E-state index contributed by atoms with van der Waals surface area (Å²) in [4.78, 5) is 0. The van der Waals surface area contributed by atoms with Gasteiger partial charge in [0.1, 0.15) is 6.61 Å². The van der Waals surface area contributed by atoms with E-state index < -0.39 is 28.6 Å². The Hall–Kier alpha value is -0.690. The Morgan fingerprint density at radius 2 is 1.92 bits per heavy atom. The first-order chi connectivity index (χ1) is 5.37. The Labute approximate surface area is 68.9 Å². The van der Waals surface area contributed by atoms with Crippen LogP contribution in [-0.2, 0) is 19.0 Å². The normalized spacial score (nSPS) is 11.0. The molecule has 0 aliphatic rings. The van der Waals surface area contributed by atoms with Gasteiger partial charge in [-0.05, 0) is 0 Å². The van der Waals surface area contributed by atoms with Gasteiger partial charge in [-0.1, -0.05) is 0 Å². The van der Waals surface area contributed by atoms with E-state index in [1.54, 1.807) is 0 Å². The maximum absolute atomic E-state index is 11.8. The lowest BCUT2D eigenvalue weighted by molar-refractivity contribution is 0.193. The molecule has 0 bridgehead atoms. The van der Waals surface area contributed by atoms with Gasteiger partial charge < -0.3 is 4.74 Å². The highest BCUT2D eigenvalue weighted by Crippen LogP contribution is 2.09. The zero-order valence-electron chi connectivity index (χ0n) is 6.50. The second-order valence-corrected chi connectivity index (χ2v) is 3.50. The summed E-state index contributed by atoms with van der Waals surface area (Å²) in [7, 11) is -2.71. The number of hydrogen-bond acceptors (Lipinski definition) is 4. The van der Waals surface area contributed by atoms with Crippen molar-refractivity contribution in [3.05, 3.63) is 11.8 Å². The van der Waals surface area contributed by atoms with Crippen molar-refractivity contribution in [3.8, 4) is 0 Å². The van der Waals surface area contributed by atoms with E-state index in [0.717, 1.165) is 13.4 Å². The van der Waals surface area contributed by atoms with Crippen LogP contribution < -0.4 is 0 Å². The van der Waals surface area contributed by atoms with E-state index in [-0.39, 0.29) is 0 Å². The van der Waals surface area contributed by atoms with Crippen LogP contribution in [-0.4, -0.2) is 28.4 Å². The summed E-state index contributed by atoms with van der Waals surface area (Å²) in [6.07, 6.45) is -1.34. The number of methoxy groups -OCH3 is 1. The van der Waals surface area contributed by atoms with Gasteiger partial charge in [0.25, 0.3) is 10.1 Å². The molecule has 0 unspecified atom stereocenters. The lowest BCUT2D eigenvalue weighted by Gasteiger charge is -2.03. The van der Waals surface area contributed by atoms with Gasteiger partial charge in [-0.2, -0.15) is 17.2 Å². The molecule has 0 fully saturated rings. The molecule has 0 spiro atoms. The maximum Gasteiger partial charge on any atom is 0.310 e. The quantitative estimate of drug-likeness (QED) is 0.497. The first kappa shape index (κ1) is 11.3. The minimum absolute atomic E-state index is 0.760. The van der Waals surface area contributed by atoms with Gasteiger partial charge in [0.05, 0.1) is 13.4 Å². The van der Waals surface area contributed by atoms with Gasteiger partial charge in [0.2, 0.25) is 0 Å². The van der Waals surface area contributed by atoms with Crippen LogP contribution in [0, 0.1) is 0 Å². The van der Waals surface area contributed by atoms with Crippen molar-refractivity contribution < 1.29 is 26.1 Å². The Balaban J connectivity index is 4.19. The molecule has 0 aliphatic heterocycles. The van der Waals surface area contributed by atoms with Crippen LogP contribution in [0.2, 0.25) is 0 Å². The summed E-state index contributed by atoms with van der Waals surface area (Å²) in [6.45, 7) is -0.780. The van der Waals surface area contributed by atoms with E-state index in [1.165, 1.54) is 0 Å². The molecule has 0 aromatic rings. The zero-order chi connectivity index (χ0) is 9.78. The van der Waals surface area contributed by atoms with Crippen molar-refractivity contribution in [1.29, 1.82) is 0 Å². The number of halogens is 2. The maximum atomic E-state index is 11.8. The van der Waals surface area contributed by atoms with Crippen molar-refractivity contribution in [3.63, 3.8) is 0 Å². The van der Waals surface area contributed by atoms with Crippen LogP contribution in [0.15, 0.2) is 11.8 Å². The van der Waals surface area contributed by atoms with Gasteiger partial charge in [0, 0.05) is 0 Å². The highest BCUT2D eigenvalue weighted by molar-refractivity contribution is 7.85. The van der Waals surface area contributed by atoms with Crippen molar-refractivity contribution in [1.82, 2.24) is 0 Å². The van der Waals surface area contributed by atoms with Crippen LogP contribution in [0.25, 0.3) is 0 Å². The summed E-state index contributed by atoms with van der Waals surface area (Å²) in [5.74, 6) is -0.791. The molecule has 0 amide bonds. The minimum Gasteiger partial charge on any atom is -0.493 e. The van der Waals surface area contributed by atoms with Gasteiger partial charge in [-0.25, -0.2) is 0 Å². The third-order valence-electron chi connectivity index (χ3n) is 0.861. The fourth-order valence-electron chi connectivity index (χ4n) is 0.351. The van der Waals surface area contributed by atoms with Gasteiger partial charge in [-0.3, -0.25) is 4.18 Å². The fourth-order valence-corrected chi connectivity index (χ4v) is 0.672. The average Bonchev–Trinajstić information content (AvgIpc) is 1.85. The molecule has 0 rings (SSSR count). The molecule has 12 heavy (non-hydrogen) atoms. The van der Waals surface area contributed by atoms with Gasteiger partial charge in [-0.15, -0.1) is 0 Å². The largest absolute Gasteiger partial charge is 0.493 e. The summed E-state index contributed by atoms with van der Waals surface area (Å²) in [5, 5.41) is 0. The predicted molar refractivity (Wildman–Crippen MR) is 37.0 cm³/mol. The molecule has 0 saturated carbocycles. The molecule has 7 heteroatoms. The van der Waals surface area contributed by atoms with Gasteiger partial charge in [0.15, 0.2) is 5.76 Å². The van der Waals surface area contributed by atoms with Gasteiger partial charge >= 0.3 is 6.08 Å². The molecule has 0 saturated heterocycles. The van der Waals surface area contributed by atoms with E-state index in [2.05, 4.69) is 8.92 Å². The fraction of sp³-hybridized carbons (Fsp3) is 0.600. The molecule has 0 heterocycles. The molecule has 0 aromatic heterocycles. The second-order valence-electron chi connectivity index (χ2n) is 1.85. The topological polar surface area (TPSA) is 52.6 Å². The standard InChI is InChI=1S/C5H8F2O4S/c1-10-4(5(6)7)3-11-12(2,8)9/h3H2,1-2H3. The Morgan fingerprint density at radius 3 is 2.17 bits per heavy atom. The lowest BCUT2D eigenvalue weighted by atomic mass is 10.6. The Bertz CT molecular complexity index is 265. The first-order valence-corrected chi connectivity index (χ1v) is 4.61.